The minimum Gasteiger partial charge on any atom is -0.328 e. The van der Waals surface area contributed by atoms with Crippen molar-refractivity contribution in [1.29, 1.82) is 0 Å². The Morgan fingerprint density at radius 1 is 1.03 bits per heavy atom. The molecule has 0 N–H and O–H groups in total. The Kier molecular flexibility index (Phi) is 5.31. The van der Waals surface area contributed by atoms with Crippen LogP contribution in [0.5, 0.6) is 0 Å². The summed E-state index contributed by atoms with van der Waals surface area (Å²) in [6.07, 6.45) is 3.03. The molecule has 2 aromatic heterocycles. The molecule has 1 unspecified atom stereocenters. The lowest BCUT2D eigenvalue weighted by molar-refractivity contribution is -0.143. The molecule has 0 aliphatic carbocycles. The summed E-state index contributed by atoms with van der Waals surface area (Å²) in [4.78, 5) is 24.4. The minimum atomic E-state index is -0.879. The molecule has 1 amide bonds. The third-order valence-corrected chi connectivity index (χ3v) is 5.51. The number of nitrogens with zero attached hydrogens (tertiary/aromatic N) is 5. The van der Waals surface area contributed by atoms with Gasteiger partial charge in [0.1, 0.15) is 18.2 Å². The van der Waals surface area contributed by atoms with Crippen molar-refractivity contribution >= 4 is 16.8 Å². The van der Waals surface area contributed by atoms with E-state index in [1.807, 2.05) is 86.3 Å². The maximum Gasteiger partial charge on any atom is 0.250 e. The van der Waals surface area contributed by atoms with Crippen molar-refractivity contribution in [2.75, 3.05) is 0 Å². The Balaban J connectivity index is 1.71. The Bertz CT molecular complexity index is 1140. The summed E-state index contributed by atoms with van der Waals surface area (Å²) in [5.74, 6) is -0.0423. The fourth-order valence-corrected chi connectivity index (χ4v) is 3.61. The molecule has 4 aromatic rings. The molecule has 2 aromatic carbocycles. The van der Waals surface area contributed by atoms with E-state index in [0.717, 1.165) is 22.2 Å². The Morgan fingerprint density at radius 2 is 1.77 bits per heavy atom. The number of benzene rings is 2. The molecule has 0 spiro atoms. The van der Waals surface area contributed by atoms with E-state index >= 15 is 0 Å². The summed E-state index contributed by atoms with van der Waals surface area (Å²) in [7, 11) is 0. The van der Waals surface area contributed by atoms with Crippen LogP contribution in [0.1, 0.15) is 38.1 Å². The fourth-order valence-electron chi connectivity index (χ4n) is 3.61. The van der Waals surface area contributed by atoms with Gasteiger partial charge >= 0.3 is 0 Å². The van der Waals surface area contributed by atoms with E-state index in [4.69, 9.17) is 4.98 Å². The lowest BCUT2D eigenvalue weighted by atomic mass is 9.99. The zero-order valence-corrected chi connectivity index (χ0v) is 17.4. The van der Waals surface area contributed by atoms with Crippen LogP contribution in [0.15, 0.2) is 79.4 Å². The first-order valence-electron chi connectivity index (χ1n) is 10.0. The number of hydrogen-bond donors (Lipinski definition) is 0. The average molecular weight is 399 g/mol. The summed E-state index contributed by atoms with van der Waals surface area (Å²) >= 11 is 0. The zero-order chi connectivity index (χ0) is 21.1. The molecule has 0 saturated heterocycles. The highest BCUT2D eigenvalue weighted by atomic mass is 16.2. The predicted molar refractivity (Wildman–Crippen MR) is 116 cm³/mol. The summed E-state index contributed by atoms with van der Waals surface area (Å²) < 4.78 is 1.61. The second kappa shape index (κ2) is 8.06. The normalized spacial score (nSPS) is 12.6. The van der Waals surface area contributed by atoms with Gasteiger partial charge in [-0.05, 0) is 38.5 Å². The van der Waals surface area contributed by atoms with Crippen LogP contribution in [0.2, 0.25) is 0 Å². The van der Waals surface area contributed by atoms with Crippen molar-refractivity contribution in [2.24, 2.45) is 0 Å². The van der Waals surface area contributed by atoms with Crippen LogP contribution in [-0.2, 0) is 16.9 Å². The number of para-hydroxylation sites is 1. The van der Waals surface area contributed by atoms with Gasteiger partial charge in [0.2, 0.25) is 0 Å². The molecule has 0 bridgehead atoms. The molecule has 1 atom stereocenters. The van der Waals surface area contributed by atoms with Gasteiger partial charge in [0.05, 0.1) is 23.8 Å². The third-order valence-electron chi connectivity index (χ3n) is 5.51. The quantitative estimate of drug-likeness (QED) is 0.483. The maximum absolute atomic E-state index is 13.8. The number of rotatable bonds is 6. The molecule has 0 aliphatic rings. The van der Waals surface area contributed by atoms with Gasteiger partial charge in [-0.2, -0.15) is 5.10 Å². The van der Waals surface area contributed by atoms with Crippen LogP contribution in [0.25, 0.3) is 10.9 Å². The van der Waals surface area contributed by atoms with Crippen molar-refractivity contribution in [3.05, 3.63) is 90.6 Å². The molecular formula is C24H25N5O. The van der Waals surface area contributed by atoms with E-state index in [1.165, 1.54) is 6.33 Å². The predicted octanol–water partition coefficient (Wildman–Crippen LogP) is 4.35. The van der Waals surface area contributed by atoms with E-state index in [1.54, 1.807) is 11.0 Å². The molecule has 6 heteroatoms. The lowest BCUT2D eigenvalue weighted by Crippen LogP contribution is -2.48. The van der Waals surface area contributed by atoms with Gasteiger partial charge in [-0.15, -0.1) is 0 Å². The van der Waals surface area contributed by atoms with E-state index in [2.05, 4.69) is 16.1 Å². The van der Waals surface area contributed by atoms with Crippen molar-refractivity contribution in [1.82, 2.24) is 24.6 Å². The van der Waals surface area contributed by atoms with Crippen LogP contribution in [0.3, 0.4) is 0 Å². The van der Waals surface area contributed by atoms with E-state index < -0.39 is 5.54 Å². The number of amides is 1. The molecule has 0 saturated carbocycles. The van der Waals surface area contributed by atoms with Gasteiger partial charge < -0.3 is 4.90 Å². The highest BCUT2D eigenvalue weighted by Crippen LogP contribution is 2.28. The average Bonchev–Trinajstić information content (AvgIpc) is 3.33. The first-order chi connectivity index (χ1) is 14.5. The molecule has 2 heterocycles. The van der Waals surface area contributed by atoms with Gasteiger partial charge in [-0.25, -0.2) is 9.67 Å². The van der Waals surface area contributed by atoms with Gasteiger partial charge in [-0.1, -0.05) is 54.6 Å². The summed E-state index contributed by atoms with van der Waals surface area (Å²) in [5, 5.41) is 5.30. The summed E-state index contributed by atoms with van der Waals surface area (Å²) in [6, 6.07) is 22.0. The smallest absolute Gasteiger partial charge is 0.250 e. The van der Waals surface area contributed by atoms with Gasteiger partial charge in [-0.3, -0.25) is 9.78 Å². The van der Waals surface area contributed by atoms with Crippen molar-refractivity contribution in [3.8, 4) is 0 Å². The first kappa shape index (κ1) is 19.8. The van der Waals surface area contributed by atoms with Crippen LogP contribution in [-0.4, -0.2) is 30.6 Å². The third kappa shape index (κ3) is 3.81. The Labute approximate surface area is 176 Å². The monoisotopic (exact) mass is 399 g/mol. The summed E-state index contributed by atoms with van der Waals surface area (Å²) in [5.41, 5.74) is 1.96. The van der Waals surface area contributed by atoms with E-state index in [-0.39, 0.29) is 11.9 Å². The van der Waals surface area contributed by atoms with Crippen LogP contribution < -0.4 is 0 Å². The Hall–Kier alpha value is -3.54. The molecule has 4 rings (SSSR count). The van der Waals surface area contributed by atoms with Crippen LogP contribution >= 0.6 is 0 Å². The molecular weight excluding hydrogens is 374 g/mol. The molecule has 0 radical (unpaired) electrons. The van der Waals surface area contributed by atoms with Crippen LogP contribution in [0.4, 0.5) is 0 Å². The van der Waals surface area contributed by atoms with Gasteiger partial charge in [0.25, 0.3) is 5.91 Å². The number of carbonyl (C=O) groups is 1. The molecule has 6 nitrogen and oxygen atoms in total. The second-order valence-electron chi connectivity index (χ2n) is 7.91. The van der Waals surface area contributed by atoms with E-state index in [9.17, 15) is 4.79 Å². The molecule has 30 heavy (non-hydrogen) atoms. The molecule has 152 valence electrons. The van der Waals surface area contributed by atoms with Crippen molar-refractivity contribution in [2.45, 2.75) is 38.9 Å². The highest BCUT2D eigenvalue weighted by molar-refractivity contribution is 5.84. The molecule has 0 aliphatic heterocycles. The largest absolute Gasteiger partial charge is 0.328 e. The number of aromatic nitrogens is 4. The van der Waals surface area contributed by atoms with Gasteiger partial charge in [0, 0.05) is 5.39 Å². The first-order valence-corrected chi connectivity index (χ1v) is 10.0. The number of hydrogen-bond acceptors (Lipinski definition) is 4. The number of carbonyl (C=O) groups excluding carboxylic acids is 1. The number of pyridine rings is 1. The van der Waals surface area contributed by atoms with Crippen LogP contribution in [0, 0.1) is 0 Å². The Morgan fingerprint density at radius 3 is 2.50 bits per heavy atom. The topological polar surface area (TPSA) is 63.9 Å². The fraction of sp³-hybridized carbons (Fsp3) is 0.250. The summed E-state index contributed by atoms with van der Waals surface area (Å²) in [6.45, 7) is 6.18. The highest BCUT2D eigenvalue weighted by Gasteiger charge is 2.37. The SMILES string of the molecule is CC(c1ccccc1)N(Cc1ccc2ccccc2n1)C(=O)C(C)(C)n1cncn1. The zero-order valence-electron chi connectivity index (χ0n) is 17.4. The molecule has 0 fully saturated rings. The maximum atomic E-state index is 13.8. The van der Waals surface area contributed by atoms with E-state index in [0.29, 0.717) is 6.54 Å². The second-order valence-corrected chi connectivity index (χ2v) is 7.91. The standard InChI is InChI=1S/C24H25N5O/c1-18(19-9-5-4-6-10-19)28(23(30)24(2,3)29-17-25-16-26-29)15-21-14-13-20-11-7-8-12-22(20)27-21/h4-14,16-18H,15H2,1-3H3. The number of fused-ring (bicyclic) bond motifs is 1. The lowest BCUT2D eigenvalue weighted by Gasteiger charge is -2.36. The van der Waals surface area contributed by atoms with Gasteiger partial charge in [0.15, 0.2) is 0 Å². The van der Waals surface area contributed by atoms with Crippen molar-refractivity contribution in [3.63, 3.8) is 0 Å². The minimum absolute atomic E-state index is 0.0423. The van der Waals surface area contributed by atoms with Crippen molar-refractivity contribution < 1.29 is 4.79 Å².